The molecule has 0 saturated heterocycles. The monoisotopic (exact) mass is 651 g/mol. The number of hydrogen-bond donors (Lipinski definition) is 0. The Morgan fingerprint density at radius 1 is 0.340 bits per heavy atom. The number of fused-ring (bicyclic) bond motifs is 8. The minimum atomic E-state index is 0.195. The van der Waals surface area contributed by atoms with Crippen LogP contribution < -0.4 is 16.4 Å². The van der Waals surface area contributed by atoms with Gasteiger partial charge in [-0.25, -0.2) is 0 Å². The Balaban J connectivity index is 1.04. The third-order valence-corrected chi connectivity index (χ3v) is 11.5. The second-order valence-electron chi connectivity index (χ2n) is 13.2. The summed E-state index contributed by atoms with van der Waals surface area (Å²) in [5.74, 6) is 0. The van der Waals surface area contributed by atoms with Gasteiger partial charge in [0.15, 0.2) is 0 Å². The third kappa shape index (κ3) is 4.87. The van der Waals surface area contributed by atoms with E-state index in [1.165, 1.54) is 69.6 Å². The van der Waals surface area contributed by atoms with Crippen molar-refractivity contribution in [3.63, 3.8) is 0 Å². The van der Waals surface area contributed by atoms with E-state index in [0.717, 1.165) is 22.3 Å². The molecule has 50 heavy (non-hydrogen) atoms. The lowest BCUT2D eigenvalue weighted by atomic mass is 9.36. The number of hydrogen-bond acceptors (Lipinski definition) is 1. The van der Waals surface area contributed by atoms with Crippen LogP contribution in [-0.4, -0.2) is 6.71 Å². The average Bonchev–Trinajstić information content (AvgIpc) is 3.20. The van der Waals surface area contributed by atoms with Gasteiger partial charge in [-0.05, 0) is 96.0 Å². The van der Waals surface area contributed by atoms with Crippen LogP contribution in [0.25, 0.3) is 65.7 Å². The first-order valence-corrected chi connectivity index (χ1v) is 18.0. The molecule has 0 bridgehead atoms. The van der Waals surface area contributed by atoms with Crippen LogP contribution in [0.3, 0.4) is 0 Å². The van der Waals surface area contributed by atoms with E-state index in [0.29, 0.717) is 6.04 Å². The van der Waals surface area contributed by atoms with Gasteiger partial charge in [0.1, 0.15) is 0 Å². The Bertz CT molecular complexity index is 2770. The van der Waals surface area contributed by atoms with Gasteiger partial charge in [0.25, 0.3) is 0 Å². The lowest BCUT2D eigenvalue weighted by Crippen LogP contribution is -2.55. The molecule has 0 radical (unpaired) electrons. The molecule has 0 nitrogen and oxygen atoms in total. The van der Waals surface area contributed by atoms with Crippen LogP contribution in [0, 0.1) is 0 Å². The van der Waals surface area contributed by atoms with E-state index < -0.39 is 0 Å². The van der Waals surface area contributed by atoms with Crippen molar-refractivity contribution in [2.75, 3.05) is 0 Å². The molecule has 0 unspecified atom stereocenters. The highest BCUT2D eigenvalue weighted by molar-refractivity contribution is 8.00. The molecule has 0 N–H and O–H groups in total. The highest BCUT2D eigenvalue weighted by Crippen LogP contribution is 2.38. The summed E-state index contributed by atoms with van der Waals surface area (Å²) < 4.78 is 8.85. The van der Waals surface area contributed by atoms with Gasteiger partial charge in [0.2, 0.25) is 6.71 Å². The van der Waals surface area contributed by atoms with Gasteiger partial charge in [0, 0.05) is 9.79 Å². The molecular weight excluding hydrogens is 619 g/mol. The highest BCUT2D eigenvalue weighted by atomic mass is 32.2. The van der Waals surface area contributed by atoms with Gasteiger partial charge in [-0.3, -0.25) is 0 Å². The van der Waals surface area contributed by atoms with Crippen molar-refractivity contribution < 1.29 is 1.37 Å². The maximum atomic E-state index is 8.85. The normalized spacial score (nSPS) is 12.6. The van der Waals surface area contributed by atoms with Crippen LogP contribution in [0.2, 0.25) is 0 Å². The van der Waals surface area contributed by atoms with E-state index in [1.54, 1.807) is 0 Å². The summed E-state index contributed by atoms with van der Waals surface area (Å²) in [5.41, 5.74) is 10.7. The van der Waals surface area contributed by atoms with Gasteiger partial charge >= 0.3 is 0 Å². The molecule has 9 aromatic rings. The molecule has 232 valence electrons. The SMILES string of the molecule is [2H]c1cc(-c2cccc(-c3ccc4c5ccccc5c5ccccc5c4c3)c2)cc(-c2ccc3c(c2)Sc2ccccc2B3c2ccccc2)c1. The molecule has 1 aliphatic rings. The van der Waals surface area contributed by atoms with E-state index in [9.17, 15) is 0 Å². The zero-order valence-electron chi connectivity index (χ0n) is 28.3. The zero-order chi connectivity index (χ0) is 33.9. The van der Waals surface area contributed by atoms with Gasteiger partial charge in [-0.1, -0.05) is 186 Å². The van der Waals surface area contributed by atoms with Gasteiger partial charge in [-0.2, -0.15) is 0 Å². The summed E-state index contributed by atoms with van der Waals surface area (Å²) in [7, 11) is 0. The Labute approximate surface area is 298 Å². The van der Waals surface area contributed by atoms with Crippen LogP contribution in [0.5, 0.6) is 0 Å². The van der Waals surface area contributed by atoms with E-state index >= 15 is 0 Å². The van der Waals surface area contributed by atoms with E-state index in [2.05, 4.69) is 170 Å². The fraction of sp³-hybridized carbons (Fsp3) is 0. The fourth-order valence-electron chi connectivity index (χ4n) is 7.91. The number of benzene rings is 9. The van der Waals surface area contributed by atoms with Crippen molar-refractivity contribution >= 4 is 67.2 Å². The summed E-state index contributed by atoms with van der Waals surface area (Å²) in [6, 6.07) is 66.3. The molecule has 0 saturated carbocycles. The minimum Gasteiger partial charge on any atom is -0.0911 e. The van der Waals surface area contributed by atoms with Gasteiger partial charge < -0.3 is 0 Å². The molecular formula is C48H31BS. The van der Waals surface area contributed by atoms with Crippen LogP contribution >= 0.6 is 11.8 Å². The van der Waals surface area contributed by atoms with Crippen LogP contribution in [0.15, 0.2) is 198 Å². The molecule has 1 aliphatic heterocycles. The van der Waals surface area contributed by atoms with Gasteiger partial charge in [-0.15, -0.1) is 0 Å². The second kappa shape index (κ2) is 11.9. The maximum absolute atomic E-state index is 8.85. The van der Waals surface area contributed by atoms with E-state index in [1.807, 2.05) is 23.9 Å². The van der Waals surface area contributed by atoms with Gasteiger partial charge in [0.05, 0.1) is 1.37 Å². The predicted molar refractivity (Wildman–Crippen MR) is 217 cm³/mol. The number of rotatable bonds is 4. The zero-order valence-corrected chi connectivity index (χ0v) is 28.1. The topological polar surface area (TPSA) is 0 Å². The van der Waals surface area contributed by atoms with Crippen LogP contribution in [0.1, 0.15) is 1.37 Å². The van der Waals surface area contributed by atoms with Crippen molar-refractivity contribution in [1.29, 1.82) is 0 Å². The van der Waals surface area contributed by atoms with Crippen molar-refractivity contribution in [1.82, 2.24) is 0 Å². The Kier molecular flexibility index (Phi) is 6.70. The molecule has 10 rings (SSSR count). The minimum absolute atomic E-state index is 0.195. The molecule has 9 aromatic carbocycles. The molecule has 0 aromatic heterocycles. The molecule has 1 heterocycles. The first kappa shape index (κ1) is 28.1. The maximum Gasteiger partial charge on any atom is 0.244 e. The molecule has 0 spiro atoms. The lowest BCUT2D eigenvalue weighted by molar-refractivity contribution is 1.43. The van der Waals surface area contributed by atoms with Crippen LogP contribution in [-0.2, 0) is 0 Å². The predicted octanol–water partition coefficient (Wildman–Crippen LogP) is 11.1. The Morgan fingerprint density at radius 3 is 1.54 bits per heavy atom. The summed E-state index contributed by atoms with van der Waals surface area (Å²) in [6.07, 6.45) is 0. The largest absolute Gasteiger partial charge is 0.244 e. The first-order chi connectivity index (χ1) is 25.2. The molecule has 2 heteroatoms. The van der Waals surface area contributed by atoms with E-state index in [4.69, 9.17) is 1.37 Å². The first-order valence-electron chi connectivity index (χ1n) is 17.7. The molecule has 0 aliphatic carbocycles. The molecule has 0 atom stereocenters. The van der Waals surface area contributed by atoms with Crippen LogP contribution in [0.4, 0.5) is 0 Å². The summed E-state index contributed by atoms with van der Waals surface area (Å²) >= 11 is 1.85. The second-order valence-corrected chi connectivity index (χ2v) is 14.3. The average molecular weight is 652 g/mol. The standard InChI is InChI=1S/C48H31BS/c1-2-16-38(17-3-1)49-45-22-8-9-23-47(45)50-48-31-37(25-27-46(48)49)35-15-11-13-33(29-35)32-12-10-14-34(28-32)36-24-26-43-41-20-5-4-18-39(41)40-19-6-7-21-42(40)44(43)30-36/h1-31H/i11D. The van der Waals surface area contributed by atoms with Crippen molar-refractivity contribution in [2.24, 2.45) is 0 Å². The quantitative estimate of drug-likeness (QED) is 0.135. The Hall–Kier alpha value is -5.83. The summed E-state index contributed by atoms with van der Waals surface area (Å²) in [4.78, 5) is 2.58. The van der Waals surface area contributed by atoms with E-state index in [-0.39, 0.29) is 6.71 Å². The van der Waals surface area contributed by atoms with Crippen molar-refractivity contribution in [2.45, 2.75) is 9.79 Å². The molecule has 0 fully saturated rings. The molecule has 0 amide bonds. The fourth-order valence-corrected chi connectivity index (χ4v) is 9.09. The van der Waals surface area contributed by atoms with Crippen molar-refractivity contribution in [3.05, 3.63) is 188 Å². The summed E-state index contributed by atoms with van der Waals surface area (Å²) in [6.45, 7) is 0.195. The Morgan fingerprint density at radius 2 is 0.840 bits per heavy atom. The smallest absolute Gasteiger partial charge is 0.0911 e. The lowest BCUT2D eigenvalue weighted by Gasteiger charge is -2.26. The third-order valence-electron chi connectivity index (χ3n) is 10.3. The van der Waals surface area contributed by atoms with Crippen molar-refractivity contribution in [3.8, 4) is 33.4 Å². The highest BCUT2D eigenvalue weighted by Gasteiger charge is 2.31. The summed E-state index contributed by atoms with van der Waals surface area (Å²) in [5, 5.41) is 7.68.